The summed E-state index contributed by atoms with van der Waals surface area (Å²) in [6, 6.07) is 12.7. The van der Waals surface area contributed by atoms with Gasteiger partial charge in [-0.05, 0) is 67.7 Å². The molecule has 1 heterocycles. The zero-order valence-electron chi connectivity index (χ0n) is 21.8. The molecule has 1 aliphatic rings. The van der Waals surface area contributed by atoms with E-state index in [2.05, 4.69) is 32.6 Å². The number of ether oxygens (including phenoxy) is 1. The highest BCUT2D eigenvalue weighted by Gasteiger charge is 2.46. The van der Waals surface area contributed by atoms with Crippen molar-refractivity contribution in [2.75, 3.05) is 32.8 Å². The van der Waals surface area contributed by atoms with E-state index in [-0.39, 0.29) is 11.3 Å². The summed E-state index contributed by atoms with van der Waals surface area (Å²) in [4.78, 5) is 30.4. The van der Waals surface area contributed by atoms with Crippen LogP contribution in [0, 0.1) is 6.92 Å². The zero-order chi connectivity index (χ0) is 25.7. The maximum absolute atomic E-state index is 13.3. The summed E-state index contributed by atoms with van der Waals surface area (Å²) in [7, 11) is 0. The van der Waals surface area contributed by atoms with Gasteiger partial charge in [0.1, 0.15) is 11.5 Å². The minimum atomic E-state index is -0.645. The van der Waals surface area contributed by atoms with Crippen LogP contribution >= 0.6 is 0 Å². The van der Waals surface area contributed by atoms with Crippen molar-refractivity contribution in [3.05, 3.63) is 70.3 Å². The summed E-state index contributed by atoms with van der Waals surface area (Å²) in [6.07, 6.45) is 0. The SMILES string of the molecule is CCOc1ccc(/C(O)=C2/C(=O)C(=O)N(CCN(CC)CC)C2c2ccc(C(C)C)cc2)c(C)c1. The maximum atomic E-state index is 13.3. The zero-order valence-corrected chi connectivity index (χ0v) is 21.8. The number of amides is 1. The Morgan fingerprint density at radius 2 is 1.71 bits per heavy atom. The Hall–Kier alpha value is -3.12. The second kappa shape index (κ2) is 11.5. The number of aliphatic hydroxyl groups is 1. The molecule has 0 spiro atoms. The van der Waals surface area contributed by atoms with Crippen LogP contribution in [0.1, 0.15) is 68.8 Å². The van der Waals surface area contributed by atoms with Gasteiger partial charge in [-0.15, -0.1) is 0 Å². The van der Waals surface area contributed by atoms with Gasteiger partial charge in [0, 0.05) is 18.7 Å². The van der Waals surface area contributed by atoms with Crippen molar-refractivity contribution in [3.63, 3.8) is 0 Å². The number of hydrogen-bond donors (Lipinski definition) is 1. The third-order valence-corrected chi connectivity index (χ3v) is 6.77. The number of rotatable bonds is 10. The lowest BCUT2D eigenvalue weighted by Gasteiger charge is -2.28. The van der Waals surface area contributed by atoms with E-state index in [9.17, 15) is 14.7 Å². The molecule has 35 heavy (non-hydrogen) atoms. The normalized spacial score (nSPS) is 17.6. The van der Waals surface area contributed by atoms with E-state index >= 15 is 0 Å². The van der Waals surface area contributed by atoms with E-state index in [4.69, 9.17) is 4.74 Å². The van der Waals surface area contributed by atoms with Gasteiger partial charge in [-0.25, -0.2) is 0 Å². The van der Waals surface area contributed by atoms with Crippen molar-refractivity contribution in [2.45, 2.75) is 53.5 Å². The molecular weight excluding hydrogens is 440 g/mol. The molecule has 1 amide bonds. The largest absolute Gasteiger partial charge is 0.507 e. The van der Waals surface area contributed by atoms with Gasteiger partial charge >= 0.3 is 0 Å². The Bertz CT molecular complexity index is 1080. The first-order valence-electron chi connectivity index (χ1n) is 12.6. The van der Waals surface area contributed by atoms with Crippen molar-refractivity contribution >= 4 is 17.4 Å². The van der Waals surface area contributed by atoms with Gasteiger partial charge in [0.05, 0.1) is 18.2 Å². The van der Waals surface area contributed by atoms with Crippen LogP contribution in [-0.4, -0.2) is 59.4 Å². The van der Waals surface area contributed by atoms with Crippen LogP contribution in [0.4, 0.5) is 0 Å². The lowest BCUT2D eigenvalue weighted by Crippen LogP contribution is -2.38. The average molecular weight is 479 g/mol. The van der Waals surface area contributed by atoms with Crippen LogP contribution in [0.25, 0.3) is 5.76 Å². The molecule has 1 fully saturated rings. The average Bonchev–Trinajstić information content (AvgIpc) is 3.09. The highest BCUT2D eigenvalue weighted by Crippen LogP contribution is 2.40. The van der Waals surface area contributed by atoms with Crippen molar-refractivity contribution < 1.29 is 19.4 Å². The molecule has 6 nitrogen and oxygen atoms in total. The number of carbonyl (C=O) groups is 2. The fourth-order valence-corrected chi connectivity index (χ4v) is 4.61. The lowest BCUT2D eigenvalue weighted by molar-refractivity contribution is -0.140. The van der Waals surface area contributed by atoms with Gasteiger partial charge in [0.2, 0.25) is 0 Å². The molecule has 0 bridgehead atoms. The summed E-state index contributed by atoms with van der Waals surface area (Å²) in [5.41, 5.74) is 3.43. The Balaban J connectivity index is 2.11. The topological polar surface area (TPSA) is 70.1 Å². The predicted octanol–water partition coefficient (Wildman–Crippen LogP) is 5.28. The van der Waals surface area contributed by atoms with Crippen LogP contribution in [-0.2, 0) is 9.59 Å². The Labute approximate surface area is 209 Å². The second-order valence-corrected chi connectivity index (χ2v) is 9.25. The quantitative estimate of drug-likeness (QED) is 0.286. The Morgan fingerprint density at radius 1 is 1.06 bits per heavy atom. The number of likely N-dealkylation sites (tertiary alicyclic amines) is 1. The summed E-state index contributed by atoms with van der Waals surface area (Å²) < 4.78 is 5.57. The van der Waals surface area contributed by atoms with Crippen LogP contribution in [0.2, 0.25) is 0 Å². The van der Waals surface area contributed by atoms with Crippen molar-refractivity contribution in [2.24, 2.45) is 0 Å². The highest BCUT2D eigenvalue weighted by atomic mass is 16.5. The number of ketones is 1. The minimum absolute atomic E-state index is 0.138. The smallest absolute Gasteiger partial charge is 0.295 e. The number of Topliss-reactive ketones (excluding diaryl/α,β-unsaturated/α-hetero) is 1. The molecule has 1 unspecified atom stereocenters. The van der Waals surface area contributed by atoms with Gasteiger partial charge in [0.15, 0.2) is 0 Å². The number of benzene rings is 2. The fourth-order valence-electron chi connectivity index (χ4n) is 4.61. The van der Waals surface area contributed by atoms with E-state index in [1.54, 1.807) is 17.0 Å². The second-order valence-electron chi connectivity index (χ2n) is 9.25. The number of hydrogen-bond acceptors (Lipinski definition) is 5. The molecule has 0 aromatic heterocycles. The molecule has 6 heteroatoms. The summed E-state index contributed by atoms with van der Waals surface area (Å²) in [6.45, 7) is 15.5. The molecule has 2 aromatic carbocycles. The number of aryl methyl sites for hydroxylation is 1. The molecule has 0 saturated carbocycles. The first-order chi connectivity index (χ1) is 16.7. The summed E-state index contributed by atoms with van der Waals surface area (Å²) in [5, 5.41) is 11.4. The molecule has 1 atom stereocenters. The Kier molecular flexibility index (Phi) is 8.73. The van der Waals surface area contributed by atoms with Gasteiger partial charge < -0.3 is 19.6 Å². The number of carbonyl (C=O) groups excluding carboxylic acids is 2. The van der Waals surface area contributed by atoms with E-state index in [0.717, 1.165) is 24.2 Å². The molecule has 1 aliphatic heterocycles. The molecule has 3 rings (SSSR count). The summed E-state index contributed by atoms with van der Waals surface area (Å²) in [5.74, 6) is -0.299. The molecule has 1 N–H and O–H groups in total. The van der Waals surface area contributed by atoms with Gasteiger partial charge in [-0.1, -0.05) is 52.0 Å². The van der Waals surface area contributed by atoms with Crippen LogP contribution in [0.15, 0.2) is 48.0 Å². The van der Waals surface area contributed by atoms with Gasteiger partial charge in [-0.3, -0.25) is 9.59 Å². The van der Waals surface area contributed by atoms with E-state index in [1.807, 2.05) is 44.2 Å². The van der Waals surface area contributed by atoms with Crippen molar-refractivity contribution in [1.82, 2.24) is 9.80 Å². The number of nitrogens with zero attached hydrogens (tertiary/aromatic N) is 2. The maximum Gasteiger partial charge on any atom is 0.295 e. The highest BCUT2D eigenvalue weighted by molar-refractivity contribution is 6.46. The number of likely N-dealkylation sites (N-methyl/N-ethyl adjacent to an activating group) is 1. The summed E-state index contributed by atoms with van der Waals surface area (Å²) >= 11 is 0. The van der Waals surface area contributed by atoms with Crippen LogP contribution in [0.3, 0.4) is 0 Å². The first kappa shape index (κ1) is 26.5. The minimum Gasteiger partial charge on any atom is -0.507 e. The van der Waals surface area contributed by atoms with E-state index in [0.29, 0.717) is 36.9 Å². The third kappa shape index (κ3) is 5.59. The van der Waals surface area contributed by atoms with Gasteiger partial charge in [-0.2, -0.15) is 0 Å². The first-order valence-corrected chi connectivity index (χ1v) is 12.6. The standard InChI is InChI=1S/C29H38N2O4/c1-7-30(8-2)16-17-31-26(22-12-10-21(11-13-22)19(4)5)25(28(33)29(31)34)27(32)24-15-14-23(35-9-3)18-20(24)6/h10-15,18-19,26,32H,7-9,16-17H2,1-6H3/b27-25-. The van der Waals surface area contributed by atoms with E-state index < -0.39 is 17.7 Å². The third-order valence-electron chi connectivity index (χ3n) is 6.77. The molecule has 2 aromatic rings. The van der Waals surface area contributed by atoms with Crippen LogP contribution in [0.5, 0.6) is 5.75 Å². The molecule has 188 valence electrons. The van der Waals surface area contributed by atoms with Crippen molar-refractivity contribution in [1.29, 1.82) is 0 Å². The molecule has 0 aliphatic carbocycles. The van der Waals surface area contributed by atoms with Crippen LogP contribution < -0.4 is 4.74 Å². The number of aliphatic hydroxyl groups excluding tert-OH is 1. The fraction of sp³-hybridized carbons (Fsp3) is 0.448. The predicted molar refractivity (Wildman–Crippen MR) is 140 cm³/mol. The van der Waals surface area contributed by atoms with E-state index in [1.165, 1.54) is 5.56 Å². The molecular formula is C29H38N2O4. The molecule has 0 radical (unpaired) electrons. The Morgan fingerprint density at radius 3 is 2.26 bits per heavy atom. The monoisotopic (exact) mass is 478 g/mol. The molecule has 1 saturated heterocycles. The van der Waals surface area contributed by atoms with Crippen molar-refractivity contribution in [3.8, 4) is 5.75 Å². The lowest BCUT2D eigenvalue weighted by atomic mass is 9.92. The van der Waals surface area contributed by atoms with Gasteiger partial charge in [0.25, 0.3) is 11.7 Å².